The number of imidazole rings is 2. The van der Waals surface area contributed by atoms with E-state index in [-0.39, 0.29) is 11.7 Å². The molecule has 5 aromatic rings. The lowest BCUT2D eigenvalue weighted by Crippen LogP contribution is -2.18. The van der Waals surface area contributed by atoms with Crippen LogP contribution >= 0.6 is 24.2 Å². The molecule has 0 aliphatic rings. The van der Waals surface area contributed by atoms with Gasteiger partial charge in [0.2, 0.25) is 5.65 Å². The number of ether oxygens (including phenoxy) is 1. The number of para-hydroxylation sites is 2. The molecule has 0 spiro atoms. The van der Waals surface area contributed by atoms with E-state index in [9.17, 15) is 10.1 Å². The highest BCUT2D eigenvalue weighted by atomic mass is 35.5. The highest BCUT2D eigenvalue weighted by Gasteiger charge is 2.20. The molecule has 0 radical (unpaired) electrons. The Morgan fingerprint density at radius 2 is 2.08 bits per heavy atom. The lowest BCUT2D eigenvalue weighted by Gasteiger charge is -2.13. The molecule has 4 heterocycles. The predicted octanol–water partition coefficient (Wildman–Crippen LogP) is 4.14. The third-order valence-electron chi connectivity index (χ3n) is 5.49. The summed E-state index contributed by atoms with van der Waals surface area (Å²) in [5, 5.41) is 18.7. The van der Waals surface area contributed by atoms with E-state index in [0.717, 1.165) is 27.3 Å². The summed E-state index contributed by atoms with van der Waals surface area (Å²) in [5.41, 5.74) is 3.71. The molecule has 11 nitrogen and oxygen atoms in total. The minimum absolute atomic E-state index is 0.213. The van der Waals surface area contributed by atoms with Gasteiger partial charge in [-0.1, -0.05) is 28.2 Å². The fraction of sp³-hybridized carbons (Fsp3) is 0.217. The largest absolute Gasteiger partial charge is 0.475 e. The quantitative estimate of drug-likeness (QED) is 0.107. The minimum Gasteiger partial charge on any atom is -0.475 e. The number of nitrogens with one attached hydrogen (secondary N) is 2. The Morgan fingerprint density at radius 1 is 1.22 bits per heavy atom. The van der Waals surface area contributed by atoms with Crippen LogP contribution in [-0.2, 0) is 6.54 Å². The van der Waals surface area contributed by atoms with E-state index >= 15 is 0 Å². The Bertz CT molecular complexity index is 1510. The van der Waals surface area contributed by atoms with Crippen LogP contribution in [0.25, 0.3) is 16.7 Å². The molecule has 0 fully saturated rings. The maximum absolute atomic E-state index is 11.1. The molecular formula is C23H21ClN8O3S. The number of nitrogens with zero attached hydrogens (tertiary/aromatic N) is 6. The van der Waals surface area contributed by atoms with Gasteiger partial charge in [0.05, 0.1) is 28.4 Å². The Hall–Kier alpha value is -3.74. The van der Waals surface area contributed by atoms with E-state index < -0.39 is 10.2 Å². The zero-order valence-electron chi connectivity index (χ0n) is 18.8. The number of halogens is 1. The van der Waals surface area contributed by atoms with Gasteiger partial charge in [0.25, 0.3) is 5.88 Å². The van der Waals surface area contributed by atoms with Gasteiger partial charge in [-0.3, -0.25) is 4.98 Å². The van der Waals surface area contributed by atoms with Crippen molar-refractivity contribution in [3.8, 4) is 5.88 Å². The number of thiol groups is 1. The number of hydrogen-bond acceptors (Lipinski definition) is 9. The Balaban J connectivity index is 1.14. The van der Waals surface area contributed by atoms with Gasteiger partial charge in [0.15, 0.2) is 0 Å². The SMILES string of the molecule is O=[N+]([O-])c1cnc2ccc(OCCCNCc3ccnc(C(S)c4nc5ccccc5[nH]4)c3Cl)nn12. The molecule has 1 aromatic carbocycles. The van der Waals surface area contributed by atoms with Gasteiger partial charge in [0.1, 0.15) is 17.3 Å². The number of rotatable bonds is 10. The van der Waals surface area contributed by atoms with Crippen LogP contribution in [0, 0.1) is 10.1 Å². The zero-order valence-corrected chi connectivity index (χ0v) is 20.5. The van der Waals surface area contributed by atoms with E-state index in [4.69, 9.17) is 29.0 Å². The molecule has 36 heavy (non-hydrogen) atoms. The van der Waals surface area contributed by atoms with Crippen LogP contribution < -0.4 is 10.1 Å². The maximum Gasteiger partial charge on any atom is 0.368 e. The number of pyridine rings is 1. The highest BCUT2D eigenvalue weighted by Crippen LogP contribution is 2.33. The van der Waals surface area contributed by atoms with Gasteiger partial charge in [-0.25, -0.2) is 9.97 Å². The van der Waals surface area contributed by atoms with Crippen molar-refractivity contribution >= 4 is 46.7 Å². The molecule has 0 saturated carbocycles. The van der Waals surface area contributed by atoms with Crippen molar-refractivity contribution < 1.29 is 9.66 Å². The smallest absolute Gasteiger partial charge is 0.368 e. The van der Waals surface area contributed by atoms with Crippen LogP contribution in [0.1, 0.15) is 28.8 Å². The first-order chi connectivity index (χ1) is 17.5. The Labute approximate surface area is 215 Å². The molecule has 0 aliphatic carbocycles. The van der Waals surface area contributed by atoms with Crippen molar-refractivity contribution in [3.05, 3.63) is 87.1 Å². The lowest BCUT2D eigenvalue weighted by molar-refractivity contribution is -0.391. The van der Waals surface area contributed by atoms with Gasteiger partial charge >= 0.3 is 5.82 Å². The molecule has 0 saturated heterocycles. The summed E-state index contributed by atoms with van der Waals surface area (Å²) < 4.78 is 6.79. The number of fused-ring (bicyclic) bond motifs is 2. The van der Waals surface area contributed by atoms with Crippen molar-refractivity contribution in [2.75, 3.05) is 13.2 Å². The van der Waals surface area contributed by atoms with Gasteiger partial charge < -0.3 is 25.2 Å². The van der Waals surface area contributed by atoms with Crippen molar-refractivity contribution in [3.63, 3.8) is 0 Å². The van der Waals surface area contributed by atoms with E-state index in [1.54, 1.807) is 18.3 Å². The molecule has 4 aromatic heterocycles. The highest BCUT2D eigenvalue weighted by molar-refractivity contribution is 7.80. The zero-order chi connectivity index (χ0) is 25.1. The average molecular weight is 525 g/mol. The van der Waals surface area contributed by atoms with Crippen molar-refractivity contribution in [1.82, 2.24) is 34.9 Å². The Kier molecular flexibility index (Phi) is 6.98. The van der Waals surface area contributed by atoms with Crippen LogP contribution in [0.5, 0.6) is 5.88 Å². The average Bonchev–Trinajstić information content (AvgIpc) is 3.51. The summed E-state index contributed by atoms with van der Waals surface area (Å²) in [6.45, 7) is 1.59. The second kappa shape index (κ2) is 10.5. The molecule has 13 heteroatoms. The summed E-state index contributed by atoms with van der Waals surface area (Å²) in [5.74, 6) is 0.759. The maximum atomic E-state index is 11.1. The van der Waals surface area contributed by atoms with Crippen molar-refractivity contribution in [2.24, 2.45) is 0 Å². The topological polar surface area (TPSA) is 136 Å². The molecule has 0 bridgehead atoms. The lowest BCUT2D eigenvalue weighted by atomic mass is 10.1. The number of H-pyrrole nitrogens is 1. The monoisotopic (exact) mass is 524 g/mol. The fourth-order valence-electron chi connectivity index (χ4n) is 3.70. The van der Waals surface area contributed by atoms with Crippen LogP contribution in [0.4, 0.5) is 5.82 Å². The van der Waals surface area contributed by atoms with E-state index in [2.05, 4.69) is 30.4 Å². The number of aromatic nitrogens is 6. The molecule has 5 rings (SSSR count). The van der Waals surface area contributed by atoms with Crippen LogP contribution in [0.2, 0.25) is 5.02 Å². The standard InChI is InChI=1S/C23H21ClN8O3S/c24-20-14(8-10-26-21(20)22(36)23-28-15-4-1-2-5-16(15)29-23)12-25-9-3-11-35-18-7-6-17-27-13-19(32(33)34)31(17)30-18/h1-2,4-8,10,13,22,25,36H,3,9,11-12H2,(H,28,29). The first-order valence-electron chi connectivity index (χ1n) is 11.1. The molecule has 0 amide bonds. The molecule has 184 valence electrons. The van der Waals surface area contributed by atoms with E-state index in [0.29, 0.717) is 48.3 Å². The van der Waals surface area contributed by atoms with Crippen LogP contribution in [0.3, 0.4) is 0 Å². The molecule has 2 N–H and O–H groups in total. The summed E-state index contributed by atoms with van der Waals surface area (Å²) in [6.07, 6.45) is 3.57. The predicted molar refractivity (Wildman–Crippen MR) is 138 cm³/mol. The number of aromatic amines is 1. The fourth-order valence-corrected chi connectivity index (χ4v) is 4.39. The third-order valence-corrected chi connectivity index (χ3v) is 6.42. The molecular weight excluding hydrogens is 504 g/mol. The van der Waals surface area contributed by atoms with Gasteiger partial charge in [-0.2, -0.15) is 12.6 Å². The summed E-state index contributed by atoms with van der Waals surface area (Å²) in [6, 6.07) is 12.9. The number of hydrogen-bond donors (Lipinski definition) is 3. The second-order valence-corrected chi connectivity index (χ2v) is 8.80. The van der Waals surface area contributed by atoms with Gasteiger partial charge in [-0.05, 0) is 46.8 Å². The number of benzene rings is 1. The third kappa shape index (κ3) is 4.96. The molecule has 0 aliphatic heterocycles. The van der Waals surface area contributed by atoms with Crippen LogP contribution in [0.15, 0.2) is 54.9 Å². The Morgan fingerprint density at radius 3 is 2.92 bits per heavy atom. The van der Waals surface area contributed by atoms with Crippen molar-refractivity contribution in [1.29, 1.82) is 0 Å². The molecule has 1 unspecified atom stereocenters. The summed E-state index contributed by atoms with van der Waals surface area (Å²) in [7, 11) is 0. The number of nitro groups is 1. The normalized spacial score (nSPS) is 12.3. The van der Waals surface area contributed by atoms with Crippen LogP contribution in [-0.4, -0.2) is 47.6 Å². The summed E-state index contributed by atoms with van der Waals surface area (Å²) in [4.78, 5) is 26.8. The first-order valence-corrected chi connectivity index (χ1v) is 12.0. The van der Waals surface area contributed by atoms with Crippen molar-refractivity contribution in [2.45, 2.75) is 18.2 Å². The van der Waals surface area contributed by atoms with E-state index in [1.165, 1.54) is 0 Å². The van der Waals surface area contributed by atoms with E-state index in [1.807, 2.05) is 30.3 Å². The first kappa shape index (κ1) is 24.0. The van der Waals surface area contributed by atoms with Gasteiger partial charge in [-0.15, -0.1) is 0 Å². The van der Waals surface area contributed by atoms with Gasteiger partial charge in [0, 0.05) is 24.9 Å². The second-order valence-electron chi connectivity index (χ2n) is 7.90. The summed E-state index contributed by atoms with van der Waals surface area (Å²) >= 11 is 11.4. The molecule has 1 atom stereocenters. The minimum atomic E-state index is -0.539.